The Labute approximate surface area is 222 Å². The third kappa shape index (κ3) is 19.5. The minimum Gasteiger partial charge on any atom is -0.347 e. The summed E-state index contributed by atoms with van der Waals surface area (Å²) in [4.78, 5) is 92.4. The van der Waals surface area contributed by atoms with Crippen molar-refractivity contribution in [3.05, 3.63) is 0 Å². The molecule has 0 spiro atoms. The number of nitrogens with one attached hydrogen (secondary N) is 6. The topological polar surface area (TPSA) is 209 Å². The number of carbonyl (C=O) groups is 8. The van der Waals surface area contributed by atoms with E-state index in [0.29, 0.717) is 19.3 Å². The first-order chi connectivity index (χ1) is 17.9. The van der Waals surface area contributed by atoms with E-state index in [-0.39, 0.29) is 55.9 Å². The third-order valence-electron chi connectivity index (χ3n) is 5.26. The monoisotopic (exact) mass is 540 g/mol. The molecule has 0 fully saturated rings. The standard InChI is InChI=1S/C24H40N6O8/c1-16(31)9-10-20(34)27-12-22(36)29-14-24(38)30-15-23(37)28-13-21(35)26-11-18(33)7-5-4-6-8-19(25-3)17(2)32/h19,25H,4-15H2,1-3H3,(H,26,35)(H,27,34)(H,28,37)(H,29,36)(H,30,38). The molecule has 0 saturated carbocycles. The van der Waals surface area contributed by atoms with Crippen molar-refractivity contribution in [3.8, 4) is 0 Å². The van der Waals surface area contributed by atoms with Gasteiger partial charge in [-0.25, -0.2) is 0 Å². The van der Waals surface area contributed by atoms with Crippen LogP contribution in [0.15, 0.2) is 0 Å². The Hall–Kier alpha value is -3.68. The Bertz CT molecular complexity index is 861. The van der Waals surface area contributed by atoms with E-state index in [4.69, 9.17) is 0 Å². The van der Waals surface area contributed by atoms with Crippen LogP contribution in [0.1, 0.15) is 58.8 Å². The van der Waals surface area contributed by atoms with E-state index in [1.165, 1.54) is 13.8 Å². The number of likely N-dealkylation sites (N-methyl/N-ethyl adjacent to an activating group) is 1. The first kappa shape index (κ1) is 34.3. The van der Waals surface area contributed by atoms with Crippen molar-refractivity contribution in [2.24, 2.45) is 0 Å². The van der Waals surface area contributed by atoms with Gasteiger partial charge in [0.25, 0.3) is 0 Å². The van der Waals surface area contributed by atoms with Crippen molar-refractivity contribution in [2.75, 3.05) is 39.8 Å². The SMILES string of the molecule is CNC(CCCCCC(=O)CNC(=O)CNC(=O)CNC(=O)CNC(=O)CNC(=O)CCC(C)=O)C(C)=O. The second kappa shape index (κ2) is 20.4. The lowest BCUT2D eigenvalue weighted by Gasteiger charge is -2.11. The normalized spacial score (nSPS) is 11.0. The molecule has 0 saturated heterocycles. The Balaban J connectivity index is 3.88. The predicted octanol–water partition coefficient (Wildman–Crippen LogP) is -2.37. The summed E-state index contributed by atoms with van der Waals surface area (Å²) in [6.45, 7) is 1.13. The molecule has 1 atom stereocenters. The van der Waals surface area contributed by atoms with Gasteiger partial charge in [0.15, 0.2) is 5.78 Å². The van der Waals surface area contributed by atoms with Gasteiger partial charge < -0.3 is 36.7 Å². The Kier molecular flexibility index (Phi) is 18.4. The Morgan fingerprint density at radius 3 is 1.39 bits per heavy atom. The van der Waals surface area contributed by atoms with Gasteiger partial charge in [-0.1, -0.05) is 12.8 Å². The molecule has 38 heavy (non-hydrogen) atoms. The van der Waals surface area contributed by atoms with E-state index in [9.17, 15) is 38.4 Å². The highest BCUT2D eigenvalue weighted by molar-refractivity contribution is 5.92. The van der Waals surface area contributed by atoms with Crippen LogP contribution in [0.4, 0.5) is 0 Å². The summed E-state index contributed by atoms with van der Waals surface area (Å²) < 4.78 is 0. The first-order valence-corrected chi connectivity index (χ1v) is 12.5. The summed E-state index contributed by atoms with van der Waals surface area (Å²) in [5.74, 6) is -3.17. The van der Waals surface area contributed by atoms with Crippen LogP contribution < -0.4 is 31.9 Å². The molecule has 0 aliphatic rings. The summed E-state index contributed by atoms with van der Waals surface area (Å²) >= 11 is 0. The Morgan fingerprint density at radius 2 is 0.974 bits per heavy atom. The van der Waals surface area contributed by atoms with Crippen molar-refractivity contribution < 1.29 is 38.4 Å². The number of Topliss-reactive ketones (excluding diaryl/α,β-unsaturated/α-hetero) is 3. The highest BCUT2D eigenvalue weighted by Crippen LogP contribution is 2.06. The van der Waals surface area contributed by atoms with Gasteiger partial charge in [0.2, 0.25) is 29.5 Å². The van der Waals surface area contributed by atoms with Crippen LogP contribution in [0.2, 0.25) is 0 Å². The fourth-order valence-electron chi connectivity index (χ4n) is 3.03. The van der Waals surface area contributed by atoms with Crippen molar-refractivity contribution in [1.82, 2.24) is 31.9 Å². The molecule has 0 aliphatic carbocycles. The van der Waals surface area contributed by atoms with Crippen LogP contribution in [0.25, 0.3) is 0 Å². The number of unbranched alkanes of at least 4 members (excludes halogenated alkanes) is 2. The molecule has 6 N–H and O–H groups in total. The van der Waals surface area contributed by atoms with Crippen molar-refractivity contribution >= 4 is 46.9 Å². The molecule has 14 heteroatoms. The minimum absolute atomic E-state index is 0.0334. The fraction of sp³-hybridized carbons (Fsp3) is 0.667. The van der Waals surface area contributed by atoms with Crippen LogP contribution in [0.5, 0.6) is 0 Å². The number of hydrogen-bond acceptors (Lipinski definition) is 9. The van der Waals surface area contributed by atoms with E-state index >= 15 is 0 Å². The van der Waals surface area contributed by atoms with Gasteiger partial charge in [-0.05, 0) is 33.7 Å². The molecule has 214 valence electrons. The fourth-order valence-corrected chi connectivity index (χ4v) is 3.03. The molecule has 0 aliphatic heterocycles. The average Bonchev–Trinajstić information content (AvgIpc) is 2.87. The Morgan fingerprint density at radius 1 is 0.526 bits per heavy atom. The first-order valence-electron chi connectivity index (χ1n) is 12.5. The van der Waals surface area contributed by atoms with Crippen molar-refractivity contribution in [2.45, 2.75) is 64.8 Å². The van der Waals surface area contributed by atoms with E-state index in [2.05, 4.69) is 31.9 Å². The van der Waals surface area contributed by atoms with Gasteiger partial charge in [-0.3, -0.25) is 33.6 Å². The largest absolute Gasteiger partial charge is 0.347 e. The summed E-state index contributed by atoms with van der Waals surface area (Å²) in [7, 11) is 1.73. The smallest absolute Gasteiger partial charge is 0.239 e. The van der Waals surface area contributed by atoms with E-state index in [1.807, 2.05) is 0 Å². The second-order valence-corrected chi connectivity index (χ2v) is 8.68. The maximum atomic E-state index is 11.9. The second-order valence-electron chi connectivity index (χ2n) is 8.68. The lowest BCUT2D eigenvalue weighted by molar-refractivity contribution is -0.129. The van der Waals surface area contributed by atoms with Gasteiger partial charge >= 0.3 is 0 Å². The zero-order valence-electron chi connectivity index (χ0n) is 22.3. The zero-order valence-corrected chi connectivity index (χ0v) is 22.3. The van der Waals surface area contributed by atoms with Crippen molar-refractivity contribution in [3.63, 3.8) is 0 Å². The van der Waals surface area contributed by atoms with E-state index in [1.54, 1.807) is 7.05 Å². The molecule has 1 unspecified atom stereocenters. The summed E-state index contributed by atoms with van der Waals surface area (Å²) in [6.07, 6.45) is 3.28. The van der Waals surface area contributed by atoms with Gasteiger partial charge in [-0.15, -0.1) is 0 Å². The molecule has 0 heterocycles. The maximum Gasteiger partial charge on any atom is 0.239 e. The maximum absolute atomic E-state index is 11.9. The molecular weight excluding hydrogens is 500 g/mol. The predicted molar refractivity (Wildman–Crippen MR) is 137 cm³/mol. The van der Waals surface area contributed by atoms with Gasteiger partial charge in [-0.2, -0.15) is 0 Å². The van der Waals surface area contributed by atoms with Crippen LogP contribution in [0.3, 0.4) is 0 Å². The third-order valence-corrected chi connectivity index (χ3v) is 5.26. The number of carbonyl (C=O) groups excluding carboxylic acids is 8. The van der Waals surface area contributed by atoms with Gasteiger partial charge in [0, 0.05) is 19.3 Å². The molecule has 0 aromatic rings. The summed E-state index contributed by atoms with van der Waals surface area (Å²) in [6, 6.07) is -0.175. The molecular formula is C24H40N6O8. The zero-order chi connectivity index (χ0) is 28.9. The highest BCUT2D eigenvalue weighted by Gasteiger charge is 2.12. The lowest BCUT2D eigenvalue weighted by Crippen LogP contribution is -2.46. The minimum atomic E-state index is -0.658. The quantitative estimate of drug-likeness (QED) is 0.0859. The molecule has 5 amide bonds. The number of rotatable bonds is 21. The summed E-state index contributed by atoms with van der Waals surface area (Å²) in [5, 5.41) is 14.5. The van der Waals surface area contributed by atoms with Gasteiger partial charge in [0.1, 0.15) is 11.6 Å². The number of ketones is 3. The van der Waals surface area contributed by atoms with Crippen LogP contribution in [-0.2, 0) is 38.4 Å². The van der Waals surface area contributed by atoms with Crippen LogP contribution >= 0.6 is 0 Å². The van der Waals surface area contributed by atoms with E-state index < -0.39 is 42.6 Å². The molecule has 0 radical (unpaired) electrons. The number of amides is 5. The molecule has 0 aromatic heterocycles. The lowest BCUT2D eigenvalue weighted by atomic mass is 10.0. The highest BCUT2D eigenvalue weighted by atomic mass is 16.2. The van der Waals surface area contributed by atoms with E-state index in [0.717, 1.165) is 12.8 Å². The number of hydrogen-bond donors (Lipinski definition) is 6. The van der Waals surface area contributed by atoms with Crippen LogP contribution in [0, 0.1) is 0 Å². The summed E-state index contributed by atoms with van der Waals surface area (Å²) in [5.41, 5.74) is 0. The van der Waals surface area contributed by atoms with Crippen LogP contribution in [-0.4, -0.2) is 92.7 Å². The van der Waals surface area contributed by atoms with Crippen molar-refractivity contribution in [1.29, 1.82) is 0 Å². The van der Waals surface area contributed by atoms with Gasteiger partial charge in [0.05, 0.1) is 38.8 Å². The average molecular weight is 541 g/mol. The molecule has 14 nitrogen and oxygen atoms in total. The molecule has 0 bridgehead atoms. The molecule has 0 rings (SSSR count). The molecule has 0 aromatic carbocycles.